The fourth-order valence-electron chi connectivity index (χ4n) is 0.959. The summed E-state index contributed by atoms with van der Waals surface area (Å²) in [4.78, 5) is 14.9. The number of nitrogens with zero attached hydrogens (tertiary/aromatic N) is 1. The molecule has 76 valence electrons. The molecule has 0 saturated heterocycles. The molecule has 0 spiro atoms. The number of ether oxygens (including phenoxy) is 1. The molecule has 1 heterocycles. The minimum absolute atomic E-state index is 0.103. The Labute approximate surface area is 89.4 Å². The third-order valence-electron chi connectivity index (χ3n) is 1.57. The van der Waals surface area contributed by atoms with Crippen molar-refractivity contribution in [2.24, 2.45) is 0 Å². The number of hydrogen-bond donors (Lipinski definition) is 0. The number of carbonyl (C=O) groups is 1. The summed E-state index contributed by atoms with van der Waals surface area (Å²) in [5.41, 5.74) is 0.228. The van der Waals surface area contributed by atoms with E-state index in [-0.39, 0.29) is 12.0 Å². The second-order valence-corrected chi connectivity index (χ2v) is 3.30. The van der Waals surface area contributed by atoms with Crippen molar-refractivity contribution in [3.63, 3.8) is 0 Å². The third kappa shape index (κ3) is 2.77. The van der Waals surface area contributed by atoms with E-state index in [9.17, 15) is 9.18 Å². The molecular formula is C9H9BrFNO2. The van der Waals surface area contributed by atoms with Crippen LogP contribution < -0.4 is 0 Å². The summed E-state index contributed by atoms with van der Waals surface area (Å²) in [5.74, 6) is -0.917. The zero-order valence-corrected chi connectivity index (χ0v) is 9.17. The molecule has 0 amide bonds. The molecule has 1 aromatic heterocycles. The summed E-state index contributed by atoms with van der Waals surface area (Å²) in [6.07, 6.45) is 1.22. The van der Waals surface area contributed by atoms with E-state index in [0.717, 1.165) is 0 Å². The van der Waals surface area contributed by atoms with Crippen molar-refractivity contribution >= 4 is 21.9 Å². The number of rotatable bonds is 3. The molecule has 1 aromatic rings. The average Bonchev–Trinajstić information content (AvgIpc) is 2.12. The molecule has 0 aliphatic carbocycles. The summed E-state index contributed by atoms with van der Waals surface area (Å²) >= 11 is 3.07. The van der Waals surface area contributed by atoms with Gasteiger partial charge in [-0.25, -0.2) is 9.37 Å². The Morgan fingerprint density at radius 3 is 3.00 bits per heavy atom. The molecule has 0 bridgehead atoms. The summed E-state index contributed by atoms with van der Waals surface area (Å²) in [6.45, 7) is 1.99. The summed E-state index contributed by atoms with van der Waals surface area (Å²) < 4.78 is 18.2. The molecular weight excluding hydrogens is 253 g/mol. The number of aromatic nitrogens is 1. The smallest absolute Gasteiger partial charge is 0.310 e. The first-order valence-corrected chi connectivity index (χ1v) is 4.89. The highest BCUT2D eigenvalue weighted by Gasteiger charge is 2.12. The minimum Gasteiger partial charge on any atom is -0.466 e. The monoisotopic (exact) mass is 261 g/mol. The van der Waals surface area contributed by atoms with Crippen LogP contribution in [0.25, 0.3) is 0 Å². The van der Waals surface area contributed by atoms with E-state index < -0.39 is 11.8 Å². The predicted molar refractivity (Wildman–Crippen MR) is 52.2 cm³/mol. The second-order valence-electron chi connectivity index (χ2n) is 2.54. The van der Waals surface area contributed by atoms with Gasteiger partial charge >= 0.3 is 5.97 Å². The van der Waals surface area contributed by atoms with Gasteiger partial charge in [0.1, 0.15) is 10.4 Å². The maximum atomic E-state index is 13.2. The molecule has 0 atom stereocenters. The molecule has 0 aliphatic rings. The molecule has 5 heteroatoms. The fraction of sp³-hybridized carbons (Fsp3) is 0.333. The van der Waals surface area contributed by atoms with Crippen molar-refractivity contribution in [2.45, 2.75) is 13.3 Å². The first-order chi connectivity index (χ1) is 6.65. The second kappa shape index (κ2) is 5.05. The third-order valence-corrected chi connectivity index (χ3v) is 2.26. The van der Waals surface area contributed by atoms with Crippen molar-refractivity contribution in [1.82, 2.24) is 4.98 Å². The van der Waals surface area contributed by atoms with E-state index in [0.29, 0.717) is 11.2 Å². The van der Waals surface area contributed by atoms with Crippen LogP contribution in [0.4, 0.5) is 4.39 Å². The highest BCUT2D eigenvalue weighted by Crippen LogP contribution is 2.17. The Kier molecular flexibility index (Phi) is 4.00. The van der Waals surface area contributed by atoms with E-state index >= 15 is 0 Å². The number of carbonyl (C=O) groups excluding carboxylic acids is 1. The largest absolute Gasteiger partial charge is 0.466 e. The van der Waals surface area contributed by atoms with Crippen molar-refractivity contribution < 1.29 is 13.9 Å². The first-order valence-electron chi connectivity index (χ1n) is 4.09. The highest BCUT2D eigenvalue weighted by molar-refractivity contribution is 9.10. The zero-order chi connectivity index (χ0) is 10.6. The predicted octanol–water partition coefficient (Wildman–Crippen LogP) is 2.09. The normalized spacial score (nSPS) is 9.93. The van der Waals surface area contributed by atoms with Crippen LogP contribution in [0.2, 0.25) is 0 Å². The fourth-order valence-corrected chi connectivity index (χ4v) is 1.41. The molecule has 0 N–H and O–H groups in total. The van der Waals surface area contributed by atoms with E-state index in [1.165, 1.54) is 12.3 Å². The summed E-state index contributed by atoms with van der Waals surface area (Å²) in [6, 6.07) is 1.21. The van der Waals surface area contributed by atoms with E-state index in [1.54, 1.807) is 6.92 Å². The van der Waals surface area contributed by atoms with Crippen LogP contribution in [0.5, 0.6) is 0 Å². The lowest BCUT2D eigenvalue weighted by Gasteiger charge is -2.04. The molecule has 0 radical (unpaired) electrons. The maximum absolute atomic E-state index is 13.2. The van der Waals surface area contributed by atoms with E-state index in [2.05, 4.69) is 20.9 Å². The molecule has 0 aromatic carbocycles. The Morgan fingerprint density at radius 2 is 2.43 bits per heavy atom. The lowest BCUT2D eigenvalue weighted by molar-refractivity contribution is -0.142. The molecule has 0 aliphatic heterocycles. The van der Waals surface area contributed by atoms with Crippen LogP contribution in [0.3, 0.4) is 0 Å². The van der Waals surface area contributed by atoms with Crippen molar-refractivity contribution in [3.8, 4) is 0 Å². The summed E-state index contributed by atoms with van der Waals surface area (Å²) in [7, 11) is 0. The van der Waals surface area contributed by atoms with Crippen molar-refractivity contribution in [3.05, 3.63) is 28.2 Å². The van der Waals surface area contributed by atoms with Gasteiger partial charge in [-0.1, -0.05) is 0 Å². The molecule has 0 unspecified atom stereocenters. The van der Waals surface area contributed by atoms with Gasteiger partial charge in [0.15, 0.2) is 0 Å². The topological polar surface area (TPSA) is 39.2 Å². The van der Waals surface area contributed by atoms with Crippen LogP contribution in [-0.4, -0.2) is 17.6 Å². The highest BCUT2D eigenvalue weighted by atomic mass is 79.9. The van der Waals surface area contributed by atoms with Gasteiger partial charge in [-0.2, -0.15) is 0 Å². The quantitative estimate of drug-likeness (QED) is 0.618. The Bertz CT molecular complexity index is 323. The van der Waals surface area contributed by atoms with Crippen LogP contribution in [0.1, 0.15) is 12.5 Å². The molecule has 0 saturated carbocycles. The first kappa shape index (κ1) is 11.1. The maximum Gasteiger partial charge on any atom is 0.310 e. The van der Waals surface area contributed by atoms with Gasteiger partial charge in [0.25, 0.3) is 0 Å². The SMILES string of the molecule is CCOC(=O)Cc1c(F)ccnc1Br. The zero-order valence-electron chi connectivity index (χ0n) is 7.59. The van der Waals surface area contributed by atoms with Gasteiger partial charge in [0.05, 0.1) is 13.0 Å². The van der Waals surface area contributed by atoms with E-state index in [4.69, 9.17) is 4.74 Å². The van der Waals surface area contributed by atoms with Crippen molar-refractivity contribution in [2.75, 3.05) is 6.61 Å². The number of esters is 1. The lowest BCUT2D eigenvalue weighted by Crippen LogP contribution is -2.09. The van der Waals surface area contributed by atoms with Gasteiger partial charge in [-0.3, -0.25) is 4.79 Å². The van der Waals surface area contributed by atoms with Crippen LogP contribution in [0, 0.1) is 5.82 Å². The Balaban J connectivity index is 2.80. The standard InChI is InChI=1S/C9H9BrFNO2/c1-2-14-8(13)5-6-7(11)3-4-12-9(6)10/h3-4H,2,5H2,1H3. The van der Waals surface area contributed by atoms with Crippen LogP contribution >= 0.6 is 15.9 Å². The van der Waals surface area contributed by atoms with E-state index in [1.807, 2.05) is 0 Å². The van der Waals surface area contributed by atoms with Gasteiger partial charge in [-0.05, 0) is 28.9 Å². The van der Waals surface area contributed by atoms with Gasteiger partial charge in [-0.15, -0.1) is 0 Å². The molecule has 14 heavy (non-hydrogen) atoms. The van der Waals surface area contributed by atoms with Crippen LogP contribution in [0.15, 0.2) is 16.9 Å². The number of hydrogen-bond acceptors (Lipinski definition) is 3. The average molecular weight is 262 g/mol. The number of halogens is 2. The minimum atomic E-state index is -0.458. The Morgan fingerprint density at radius 1 is 1.71 bits per heavy atom. The van der Waals surface area contributed by atoms with Gasteiger partial charge in [0, 0.05) is 11.8 Å². The van der Waals surface area contributed by atoms with Gasteiger partial charge in [0.2, 0.25) is 0 Å². The Hall–Kier alpha value is -0.970. The summed E-state index contributed by atoms with van der Waals surface area (Å²) in [5, 5.41) is 0. The van der Waals surface area contributed by atoms with Crippen LogP contribution in [-0.2, 0) is 16.0 Å². The van der Waals surface area contributed by atoms with Crippen molar-refractivity contribution in [1.29, 1.82) is 0 Å². The lowest BCUT2D eigenvalue weighted by atomic mass is 10.2. The molecule has 0 fully saturated rings. The molecule has 3 nitrogen and oxygen atoms in total. The number of pyridine rings is 1. The van der Waals surface area contributed by atoms with Gasteiger partial charge < -0.3 is 4.74 Å². The molecule has 1 rings (SSSR count).